The molecule has 3 aliphatic carbocycles. The molecular formula is C79H76BrN15O5S3. The predicted octanol–water partition coefficient (Wildman–Crippen LogP) is 13.4. The number of fused-ring (bicyclic) bond motifs is 4. The number of aromatic nitrogens is 12. The quantitative estimate of drug-likeness (QED) is 0.0660. The molecule has 103 heavy (non-hydrogen) atoms. The van der Waals surface area contributed by atoms with Gasteiger partial charge in [-0.15, -0.1) is 0 Å². The summed E-state index contributed by atoms with van der Waals surface area (Å²) in [7, 11) is 0.880. The molecule has 1 aliphatic heterocycles. The summed E-state index contributed by atoms with van der Waals surface area (Å²) < 4.78 is 19.5. The second kappa shape index (κ2) is 31.8. The Labute approximate surface area is 614 Å². The monoisotopic (exact) mass is 1490 g/mol. The highest BCUT2D eigenvalue weighted by atomic mass is 79.9. The molecular weight excluding hydrogens is 1420 g/mol. The second-order valence-electron chi connectivity index (χ2n) is 26.1. The molecule has 5 aromatic carbocycles. The van der Waals surface area contributed by atoms with Crippen LogP contribution in [0, 0.1) is 0 Å². The number of pyridine rings is 4. The zero-order chi connectivity index (χ0) is 71.1. The lowest BCUT2D eigenvalue weighted by Gasteiger charge is -2.34. The Kier molecular flexibility index (Phi) is 21.7. The first-order chi connectivity index (χ1) is 50.2. The van der Waals surface area contributed by atoms with Crippen LogP contribution in [-0.4, -0.2) is 119 Å². The smallest absolute Gasteiger partial charge is 0.252 e. The summed E-state index contributed by atoms with van der Waals surface area (Å²) in [6.07, 6.45) is 19.7. The number of thioether (sulfide) groups is 2. The number of hydrogen-bond acceptors (Lipinski definition) is 18. The van der Waals surface area contributed by atoms with Gasteiger partial charge in [-0.3, -0.25) is 41.7 Å². The van der Waals surface area contributed by atoms with Gasteiger partial charge < -0.3 is 15.1 Å². The van der Waals surface area contributed by atoms with Gasteiger partial charge in [-0.2, -0.15) is 4.98 Å². The van der Waals surface area contributed by atoms with E-state index in [2.05, 4.69) is 146 Å². The summed E-state index contributed by atoms with van der Waals surface area (Å²) >= 11 is 6.46. The summed E-state index contributed by atoms with van der Waals surface area (Å²) in [5.74, 6) is 2.38. The van der Waals surface area contributed by atoms with E-state index in [4.69, 9.17) is 4.98 Å². The number of likely N-dealkylation sites (N-methyl/N-ethyl adjacent to an activating group) is 1. The van der Waals surface area contributed by atoms with Crippen molar-refractivity contribution in [3.05, 3.63) is 279 Å². The number of benzene rings is 5. The van der Waals surface area contributed by atoms with Gasteiger partial charge in [0, 0.05) is 119 Å². The molecule has 9 heterocycles. The van der Waals surface area contributed by atoms with Crippen LogP contribution in [0.5, 0.6) is 0 Å². The van der Waals surface area contributed by atoms with Crippen LogP contribution >= 0.6 is 39.5 Å². The maximum atomic E-state index is 12.9. The highest BCUT2D eigenvalue weighted by molar-refractivity contribution is 9.10. The predicted molar refractivity (Wildman–Crippen MR) is 416 cm³/mol. The first-order valence-electron chi connectivity index (χ1n) is 34.4. The van der Waals surface area contributed by atoms with Gasteiger partial charge in [-0.25, -0.2) is 34.9 Å². The summed E-state index contributed by atoms with van der Waals surface area (Å²) in [6.45, 7) is 6.26. The van der Waals surface area contributed by atoms with Crippen molar-refractivity contribution in [1.29, 1.82) is 0 Å². The zero-order valence-corrected chi connectivity index (χ0v) is 61.5. The van der Waals surface area contributed by atoms with Gasteiger partial charge in [0.25, 0.3) is 22.2 Å². The van der Waals surface area contributed by atoms with E-state index in [1.165, 1.54) is 108 Å². The Morgan fingerprint density at radius 1 is 0.437 bits per heavy atom. The number of rotatable bonds is 17. The number of nitrogens with zero attached hydrogens (tertiary/aromatic N) is 14. The molecule has 24 heteroatoms. The molecule has 4 aliphatic rings. The van der Waals surface area contributed by atoms with Crippen molar-refractivity contribution < 1.29 is 4.21 Å². The zero-order valence-electron chi connectivity index (χ0n) is 57.5. The van der Waals surface area contributed by atoms with Crippen LogP contribution in [0.4, 0.5) is 17.3 Å². The highest BCUT2D eigenvalue weighted by Crippen LogP contribution is 2.44. The van der Waals surface area contributed by atoms with Gasteiger partial charge in [-0.1, -0.05) is 130 Å². The number of anilines is 3. The van der Waals surface area contributed by atoms with E-state index in [-0.39, 0.29) is 27.4 Å². The van der Waals surface area contributed by atoms with E-state index in [0.717, 1.165) is 69.0 Å². The molecule has 522 valence electrons. The average Bonchev–Trinajstić information content (AvgIpc) is 1.74. The van der Waals surface area contributed by atoms with Crippen LogP contribution in [0.15, 0.2) is 234 Å². The minimum atomic E-state index is -1.29. The normalized spacial score (nSPS) is 14.7. The first kappa shape index (κ1) is 70.2. The van der Waals surface area contributed by atoms with Crippen molar-refractivity contribution in [2.45, 2.75) is 97.9 Å². The van der Waals surface area contributed by atoms with Gasteiger partial charge in [0.2, 0.25) is 11.1 Å². The Bertz CT molecular complexity index is 5560. The molecule has 3 saturated carbocycles. The number of hydrogen-bond donors (Lipinski definition) is 1. The van der Waals surface area contributed by atoms with Gasteiger partial charge in [0.05, 0.1) is 37.0 Å². The van der Waals surface area contributed by atoms with Crippen molar-refractivity contribution in [2.75, 3.05) is 62.2 Å². The lowest BCUT2D eigenvalue weighted by molar-refractivity contribution is 0.313. The van der Waals surface area contributed by atoms with Crippen LogP contribution in [0.1, 0.15) is 95.2 Å². The van der Waals surface area contributed by atoms with E-state index >= 15 is 0 Å². The number of halogens is 1. The summed E-state index contributed by atoms with van der Waals surface area (Å²) in [6, 6.07) is 54.8. The summed E-state index contributed by atoms with van der Waals surface area (Å²) in [4.78, 5) is 90.1. The maximum absolute atomic E-state index is 12.9. The third kappa shape index (κ3) is 16.8. The van der Waals surface area contributed by atoms with Gasteiger partial charge >= 0.3 is 0 Å². The van der Waals surface area contributed by atoms with Crippen LogP contribution < -0.4 is 32.5 Å². The molecule has 1 N–H and O–H groups in total. The topological polar surface area (TPSA) is 227 Å². The Balaban J connectivity index is 0.000000119. The Morgan fingerprint density at radius 3 is 1.21 bits per heavy atom. The fraction of sp³-hybridized carbons (Fsp3) is 0.266. The molecule has 1 atom stereocenters. The van der Waals surface area contributed by atoms with E-state index in [1.54, 1.807) is 85.5 Å². The third-order valence-corrected chi connectivity index (χ3v) is 21.5. The maximum Gasteiger partial charge on any atom is 0.252 e. The minimum Gasteiger partial charge on any atom is -0.369 e. The SMILES string of the molecule is CN1CCN(c2ccc(Nc3ncc4ccc(=O)n(Cc5ccccc5C5CC5)c4n3)cc2)CC1.CS(=O)c1ncc2ccc(=O)n(Cc3ccccc3C3CC3)c2n1.CSc1ncc2ccc(=O)n(Cc3ccccc3Br)c2n1.CSc1ncc2ccc(=O)n(Cc3ccccc3C3CC3)c2n1. The van der Waals surface area contributed by atoms with Crippen molar-refractivity contribution in [3.8, 4) is 0 Å². The molecule has 1 unspecified atom stereocenters. The van der Waals surface area contributed by atoms with Crippen molar-refractivity contribution >= 4 is 112 Å². The molecule has 0 spiro atoms. The molecule has 0 amide bonds. The molecule has 8 aromatic heterocycles. The fourth-order valence-electron chi connectivity index (χ4n) is 12.9. The Hall–Kier alpha value is -9.85. The van der Waals surface area contributed by atoms with Gasteiger partial charge in [0.15, 0.2) is 10.3 Å². The molecule has 13 aromatic rings. The van der Waals surface area contributed by atoms with Crippen LogP contribution in [-0.2, 0) is 37.0 Å². The van der Waals surface area contributed by atoms with Gasteiger partial charge in [0.1, 0.15) is 22.6 Å². The van der Waals surface area contributed by atoms with E-state index in [0.29, 0.717) is 82.8 Å². The molecule has 1 saturated heterocycles. The van der Waals surface area contributed by atoms with Crippen LogP contribution in [0.3, 0.4) is 0 Å². The molecule has 20 nitrogen and oxygen atoms in total. The third-order valence-electron chi connectivity index (χ3n) is 18.9. The molecule has 17 rings (SSSR count). The minimum absolute atomic E-state index is 0.0196. The highest BCUT2D eigenvalue weighted by Gasteiger charge is 2.29. The molecule has 0 radical (unpaired) electrons. The Morgan fingerprint density at radius 2 is 0.806 bits per heavy atom. The standard InChI is InChI=1S/C28H30N6O.C18H17N3O2S.C18H17N3OS.C15H12BrN3OS/c1-32-14-16-33(17-15-32)24-11-9-23(10-12-24)30-28-29-18-21-8-13-26(35)34(27(21)31-28)19-22-4-2-3-5-25(22)20-6-7-20;1-24(23)18-19-10-13-8-9-16(22)21(17(13)20-18)11-14-4-2-3-5-15(14)12-6-7-12;1-23-18-19-10-13-8-9-16(22)21(17(13)20-18)11-14-4-2-3-5-15(14)12-6-7-12;1-21-15-17-8-10-6-7-13(20)19(14(10)18-15)9-11-4-2-3-5-12(11)16/h2-5,8-13,18,20H,6-7,14-17,19H2,1H3,(H,29,30,31);2-5,8-10,12H,6-7,11H2,1H3;2-5,8-10,12H,6-7,11H2,1H3;2-8H,9H2,1H3. The van der Waals surface area contributed by atoms with Crippen molar-refractivity contribution in [2.24, 2.45) is 0 Å². The first-order valence-corrected chi connectivity index (χ1v) is 39.2. The fourth-order valence-corrected chi connectivity index (χ4v) is 14.4. The van der Waals surface area contributed by atoms with Crippen molar-refractivity contribution in [1.82, 2.24) is 63.0 Å². The lowest BCUT2D eigenvalue weighted by Crippen LogP contribution is -2.44. The largest absolute Gasteiger partial charge is 0.369 e. The summed E-state index contributed by atoms with van der Waals surface area (Å²) in [5, 5.41) is 8.29. The van der Waals surface area contributed by atoms with E-state index in [1.807, 2.05) is 61.0 Å². The van der Waals surface area contributed by atoms with Crippen LogP contribution in [0.25, 0.3) is 44.1 Å². The average molecular weight is 1490 g/mol. The van der Waals surface area contributed by atoms with Crippen LogP contribution in [0.2, 0.25) is 0 Å². The summed E-state index contributed by atoms with van der Waals surface area (Å²) in [5.41, 5.74) is 13.1. The van der Waals surface area contributed by atoms with Gasteiger partial charge in [-0.05, 0) is 169 Å². The van der Waals surface area contributed by atoms with E-state index < -0.39 is 10.8 Å². The van der Waals surface area contributed by atoms with E-state index in [9.17, 15) is 23.4 Å². The lowest BCUT2D eigenvalue weighted by atomic mass is 10.0. The van der Waals surface area contributed by atoms with Crippen molar-refractivity contribution in [3.63, 3.8) is 0 Å². The number of piperazine rings is 1. The number of nitrogens with one attached hydrogen (secondary N) is 1. The molecule has 4 fully saturated rings. The molecule has 0 bridgehead atoms. The second-order valence-corrected chi connectivity index (χ2v) is 29.8.